The van der Waals surface area contributed by atoms with Crippen LogP contribution in [-0.2, 0) is 9.59 Å². The quantitative estimate of drug-likeness (QED) is 0.206. The van der Waals surface area contributed by atoms with Crippen LogP contribution in [-0.4, -0.2) is 11.9 Å². The number of aliphatic carboxylic acids is 2. The third-order valence-electron chi connectivity index (χ3n) is 3.70. The molecule has 0 bridgehead atoms. The van der Waals surface area contributed by atoms with Crippen molar-refractivity contribution in [1.29, 1.82) is 0 Å². The molecular formula is C15H26KLiO4. The van der Waals surface area contributed by atoms with Gasteiger partial charge in [-0.1, -0.05) is 65.2 Å². The Labute approximate surface area is 183 Å². The molecule has 0 saturated heterocycles. The zero-order chi connectivity index (χ0) is 14.7. The van der Waals surface area contributed by atoms with Gasteiger partial charge in [-0.25, -0.2) is 0 Å². The van der Waals surface area contributed by atoms with Gasteiger partial charge in [0.2, 0.25) is 0 Å². The van der Waals surface area contributed by atoms with Crippen LogP contribution in [0.2, 0.25) is 0 Å². The van der Waals surface area contributed by atoms with Crippen molar-refractivity contribution in [2.75, 3.05) is 0 Å². The fraction of sp³-hybridized carbons (Fsp3) is 0.867. The van der Waals surface area contributed by atoms with E-state index in [1.165, 1.54) is 0 Å². The number of carbonyl (C=O) groups is 2. The van der Waals surface area contributed by atoms with Crippen LogP contribution in [0.15, 0.2) is 0 Å². The standard InChI is InChI=1S/C15H28O4.K.Li/c1-3-5-7-9-11-15(13(16)17,14(18)19)12-10-8-6-4-2;;/h3-12H2,1-2H3,(H,16,17)(H,18,19);;/q;2*+1/p-2. The first-order chi connectivity index (χ1) is 9.01. The molecule has 0 unspecified atom stereocenters. The van der Waals surface area contributed by atoms with E-state index in [4.69, 9.17) is 0 Å². The molecular weight excluding hydrogens is 290 g/mol. The van der Waals surface area contributed by atoms with Gasteiger partial charge < -0.3 is 19.8 Å². The summed E-state index contributed by atoms with van der Waals surface area (Å²) in [7, 11) is 0. The maximum Gasteiger partial charge on any atom is 1.00 e. The van der Waals surface area contributed by atoms with Gasteiger partial charge in [0.05, 0.1) is 11.9 Å². The van der Waals surface area contributed by atoms with Gasteiger partial charge >= 0.3 is 70.2 Å². The van der Waals surface area contributed by atoms with E-state index >= 15 is 0 Å². The second-order valence-corrected chi connectivity index (χ2v) is 5.28. The molecule has 6 heteroatoms. The maximum absolute atomic E-state index is 11.3. The van der Waals surface area contributed by atoms with Crippen LogP contribution in [0.5, 0.6) is 0 Å². The van der Waals surface area contributed by atoms with Crippen LogP contribution < -0.4 is 80.5 Å². The molecule has 0 aliphatic rings. The molecule has 0 aliphatic heterocycles. The smallest absolute Gasteiger partial charge is 0.549 e. The Kier molecular flexibility index (Phi) is 20.7. The molecule has 0 aromatic rings. The zero-order valence-corrected chi connectivity index (χ0v) is 17.3. The molecule has 4 nitrogen and oxygen atoms in total. The minimum atomic E-state index is -1.79. The topological polar surface area (TPSA) is 80.3 Å². The summed E-state index contributed by atoms with van der Waals surface area (Å²) in [4.78, 5) is 22.5. The Morgan fingerprint density at radius 2 is 1.10 bits per heavy atom. The van der Waals surface area contributed by atoms with Gasteiger partial charge in [0.15, 0.2) is 0 Å². The molecule has 112 valence electrons. The second-order valence-electron chi connectivity index (χ2n) is 5.28. The molecule has 0 spiro atoms. The van der Waals surface area contributed by atoms with Crippen molar-refractivity contribution in [2.24, 2.45) is 5.41 Å². The Hall–Kier alpha value is 1.17. The minimum Gasteiger partial charge on any atom is -0.549 e. The van der Waals surface area contributed by atoms with Gasteiger partial charge in [-0.3, -0.25) is 0 Å². The van der Waals surface area contributed by atoms with E-state index in [0.29, 0.717) is 12.8 Å². The number of rotatable bonds is 12. The van der Waals surface area contributed by atoms with Crippen molar-refractivity contribution in [3.05, 3.63) is 0 Å². The molecule has 0 aromatic carbocycles. The predicted octanol–water partition coefficient (Wildman–Crippen LogP) is -4.58. The third kappa shape index (κ3) is 10.5. The Bertz CT molecular complexity index is 257. The summed E-state index contributed by atoms with van der Waals surface area (Å²) in [5.74, 6) is -2.97. The summed E-state index contributed by atoms with van der Waals surface area (Å²) in [5.41, 5.74) is -1.79. The van der Waals surface area contributed by atoms with Crippen molar-refractivity contribution < 1.29 is 90.0 Å². The molecule has 0 aromatic heterocycles. The Morgan fingerprint density at radius 1 is 0.762 bits per heavy atom. The summed E-state index contributed by atoms with van der Waals surface area (Å²) in [6.07, 6.45) is 7.21. The average molecular weight is 316 g/mol. The predicted molar refractivity (Wildman–Crippen MR) is 70.0 cm³/mol. The van der Waals surface area contributed by atoms with E-state index < -0.39 is 17.4 Å². The molecule has 0 amide bonds. The summed E-state index contributed by atoms with van der Waals surface area (Å²) >= 11 is 0. The summed E-state index contributed by atoms with van der Waals surface area (Å²) < 4.78 is 0. The van der Waals surface area contributed by atoms with Crippen molar-refractivity contribution in [2.45, 2.75) is 78.1 Å². The Balaban J connectivity index is -0.00000162. The number of carboxylic acid groups (broad SMARTS) is 2. The van der Waals surface area contributed by atoms with Crippen molar-refractivity contribution >= 4 is 11.9 Å². The van der Waals surface area contributed by atoms with Crippen LogP contribution in [0.3, 0.4) is 0 Å². The minimum absolute atomic E-state index is 0. The molecule has 0 atom stereocenters. The first-order valence-corrected chi connectivity index (χ1v) is 7.44. The van der Waals surface area contributed by atoms with Crippen molar-refractivity contribution in [1.82, 2.24) is 0 Å². The van der Waals surface area contributed by atoms with E-state index in [9.17, 15) is 19.8 Å². The number of carbonyl (C=O) groups excluding carboxylic acids is 2. The van der Waals surface area contributed by atoms with Crippen molar-refractivity contribution in [3.63, 3.8) is 0 Å². The van der Waals surface area contributed by atoms with E-state index in [1.54, 1.807) is 0 Å². The van der Waals surface area contributed by atoms with E-state index in [0.717, 1.165) is 38.5 Å². The number of carboxylic acids is 2. The molecule has 0 rings (SSSR count). The number of hydrogen-bond acceptors (Lipinski definition) is 4. The first kappa shape index (κ1) is 27.0. The van der Waals surface area contributed by atoms with Crippen molar-refractivity contribution in [3.8, 4) is 0 Å². The van der Waals surface area contributed by atoms with Crippen LogP contribution in [0.25, 0.3) is 0 Å². The number of hydrogen-bond donors (Lipinski definition) is 0. The normalized spacial score (nSPS) is 10.4. The monoisotopic (exact) mass is 316 g/mol. The molecule has 0 radical (unpaired) electrons. The zero-order valence-electron chi connectivity index (χ0n) is 14.2. The van der Waals surface area contributed by atoms with Gasteiger partial charge in [0.25, 0.3) is 0 Å². The van der Waals surface area contributed by atoms with Gasteiger partial charge in [-0.2, -0.15) is 0 Å². The molecule has 0 fully saturated rings. The SMILES string of the molecule is CCCCCCC(CCCCCC)(C(=O)[O-])C(=O)[O-].[K+].[Li+]. The van der Waals surface area contributed by atoms with E-state index in [-0.39, 0.29) is 83.1 Å². The maximum atomic E-state index is 11.3. The first-order valence-electron chi connectivity index (χ1n) is 7.44. The molecule has 0 saturated carbocycles. The van der Waals surface area contributed by atoms with Crippen LogP contribution in [0.1, 0.15) is 78.1 Å². The van der Waals surface area contributed by atoms with E-state index in [2.05, 4.69) is 13.8 Å². The van der Waals surface area contributed by atoms with Crippen LogP contribution in [0, 0.1) is 5.41 Å². The second kappa shape index (κ2) is 16.0. The van der Waals surface area contributed by atoms with Crippen LogP contribution >= 0.6 is 0 Å². The van der Waals surface area contributed by atoms with E-state index in [1.807, 2.05) is 0 Å². The van der Waals surface area contributed by atoms with Gasteiger partial charge in [0, 0.05) is 5.41 Å². The summed E-state index contributed by atoms with van der Waals surface area (Å²) in [5, 5.41) is 22.5. The molecule has 0 aliphatic carbocycles. The number of unbranched alkanes of at least 4 members (excludes halogenated alkanes) is 6. The molecule has 0 heterocycles. The molecule has 21 heavy (non-hydrogen) atoms. The molecule has 0 N–H and O–H groups in total. The average Bonchev–Trinajstić information content (AvgIpc) is 2.36. The van der Waals surface area contributed by atoms with Gasteiger partial charge in [-0.15, -0.1) is 0 Å². The van der Waals surface area contributed by atoms with Gasteiger partial charge in [-0.05, 0) is 12.8 Å². The third-order valence-corrected chi connectivity index (χ3v) is 3.70. The van der Waals surface area contributed by atoms with Gasteiger partial charge in [0.1, 0.15) is 0 Å². The fourth-order valence-electron chi connectivity index (χ4n) is 2.32. The van der Waals surface area contributed by atoms with Crippen LogP contribution in [0.4, 0.5) is 0 Å². The fourth-order valence-corrected chi connectivity index (χ4v) is 2.32. The largest absolute Gasteiger partial charge is 1.00 e. The summed E-state index contributed by atoms with van der Waals surface area (Å²) in [6.45, 7) is 4.10. The summed E-state index contributed by atoms with van der Waals surface area (Å²) in [6, 6.07) is 0. The Morgan fingerprint density at radius 3 is 1.33 bits per heavy atom.